The van der Waals surface area contributed by atoms with Crippen LogP contribution in [0.4, 0.5) is 5.69 Å². The van der Waals surface area contributed by atoms with Crippen LogP contribution in [0.3, 0.4) is 0 Å². The molecule has 0 aromatic heterocycles. The van der Waals surface area contributed by atoms with E-state index in [0.29, 0.717) is 17.5 Å². The lowest BCUT2D eigenvalue weighted by atomic mass is 9.71. The van der Waals surface area contributed by atoms with Crippen LogP contribution in [0.1, 0.15) is 76.7 Å². The number of nitrogens with one attached hydrogen (secondary N) is 4. The third kappa shape index (κ3) is 5.76. The molecule has 0 spiro atoms. The second kappa shape index (κ2) is 9.69. The summed E-state index contributed by atoms with van der Waals surface area (Å²) < 4.78 is 0. The monoisotopic (exact) mass is 412 g/mol. The van der Waals surface area contributed by atoms with Crippen LogP contribution in [0.2, 0.25) is 0 Å². The molecular weight excluding hydrogens is 372 g/mol. The van der Waals surface area contributed by atoms with Gasteiger partial charge in [-0.1, -0.05) is 26.0 Å². The summed E-state index contributed by atoms with van der Waals surface area (Å²) in [5, 5.41) is 13.6. The van der Waals surface area contributed by atoms with Crippen LogP contribution < -0.4 is 21.3 Å². The standard InChI is InChI=1S/C25H40N4O/c1-25(2)13-11-19(12-14-25)18-3-5-20(6-4-18)28-21-7-9-22(10-8-21)29-24(30)23-17-26-15-16-27-23/h3-6,19,21-23,26-28H,7-17H2,1-2H3,(H,29,30). The lowest BCUT2D eigenvalue weighted by Gasteiger charge is -2.34. The van der Waals surface area contributed by atoms with Crippen molar-refractivity contribution in [1.82, 2.24) is 16.0 Å². The smallest absolute Gasteiger partial charge is 0.238 e. The van der Waals surface area contributed by atoms with Crippen LogP contribution in [-0.2, 0) is 4.79 Å². The van der Waals surface area contributed by atoms with Gasteiger partial charge >= 0.3 is 0 Å². The summed E-state index contributed by atoms with van der Waals surface area (Å²) in [5.41, 5.74) is 3.27. The van der Waals surface area contributed by atoms with Gasteiger partial charge in [-0.15, -0.1) is 0 Å². The van der Waals surface area contributed by atoms with E-state index >= 15 is 0 Å². The van der Waals surface area contributed by atoms with Crippen molar-refractivity contribution in [3.05, 3.63) is 29.8 Å². The predicted molar refractivity (Wildman–Crippen MR) is 124 cm³/mol. The predicted octanol–water partition coefficient (Wildman–Crippen LogP) is 3.77. The van der Waals surface area contributed by atoms with E-state index in [-0.39, 0.29) is 11.9 Å². The first-order valence-electron chi connectivity index (χ1n) is 12.1. The average Bonchev–Trinajstić information content (AvgIpc) is 2.76. The van der Waals surface area contributed by atoms with E-state index in [4.69, 9.17) is 0 Å². The van der Waals surface area contributed by atoms with E-state index in [1.807, 2.05) is 0 Å². The highest BCUT2D eigenvalue weighted by molar-refractivity contribution is 5.82. The number of carbonyl (C=O) groups is 1. The Morgan fingerprint density at radius 3 is 2.23 bits per heavy atom. The highest BCUT2D eigenvalue weighted by Crippen LogP contribution is 2.42. The molecule has 0 bridgehead atoms. The quantitative estimate of drug-likeness (QED) is 0.594. The van der Waals surface area contributed by atoms with Crippen LogP contribution in [0, 0.1) is 5.41 Å². The van der Waals surface area contributed by atoms with E-state index < -0.39 is 0 Å². The topological polar surface area (TPSA) is 65.2 Å². The molecule has 1 unspecified atom stereocenters. The summed E-state index contributed by atoms with van der Waals surface area (Å²) in [4.78, 5) is 12.4. The highest BCUT2D eigenvalue weighted by Gasteiger charge is 2.28. The van der Waals surface area contributed by atoms with Crippen LogP contribution >= 0.6 is 0 Å². The van der Waals surface area contributed by atoms with Gasteiger partial charge < -0.3 is 21.3 Å². The minimum absolute atomic E-state index is 0.0802. The van der Waals surface area contributed by atoms with Crippen LogP contribution in [0.25, 0.3) is 0 Å². The Hall–Kier alpha value is -1.59. The Balaban J connectivity index is 1.20. The summed E-state index contributed by atoms with van der Waals surface area (Å²) in [6, 6.07) is 9.95. The molecule has 1 aromatic carbocycles. The van der Waals surface area contributed by atoms with Crippen molar-refractivity contribution in [2.24, 2.45) is 5.41 Å². The maximum Gasteiger partial charge on any atom is 0.238 e. The minimum Gasteiger partial charge on any atom is -0.382 e. The van der Waals surface area contributed by atoms with Gasteiger partial charge in [-0.3, -0.25) is 4.79 Å². The number of hydrogen-bond donors (Lipinski definition) is 4. The molecule has 2 aliphatic carbocycles. The number of piperazine rings is 1. The van der Waals surface area contributed by atoms with Crippen LogP contribution in [-0.4, -0.2) is 43.7 Å². The number of benzene rings is 1. The maximum atomic E-state index is 12.4. The SMILES string of the molecule is CC1(C)CCC(c2ccc(NC3CCC(NC(=O)C4CNCCN4)CC3)cc2)CC1. The van der Waals surface area contributed by atoms with Gasteiger partial charge in [-0.2, -0.15) is 0 Å². The van der Waals surface area contributed by atoms with Crippen LogP contribution in [0.15, 0.2) is 24.3 Å². The Morgan fingerprint density at radius 2 is 1.60 bits per heavy atom. The third-order valence-corrected chi connectivity index (χ3v) is 7.52. The summed E-state index contributed by atoms with van der Waals surface area (Å²) in [6.45, 7) is 7.35. The number of anilines is 1. The summed E-state index contributed by atoms with van der Waals surface area (Å²) >= 11 is 0. The minimum atomic E-state index is -0.0802. The molecule has 1 atom stereocenters. The van der Waals surface area contributed by atoms with E-state index in [1.165, 1.54) is 36.9 Å². The molecule has 0 radical (unpaired) electrons. The first-order chi connectivity index (χ1) is 14.5. The second-order valence-electron chi connectivity index (χ2n) is 10.5. The molecule has 1 aliphatic heterocycles. The first kappa shape index (κ1) is 21.6. The fraction of sp³-hybridized carbons (Fsp3) is 0.720. The van der Waals surface area contributed by atoms with Gasteiger partial charge in [-0.05, 0) is 80.4 Å². The van der Waals surface area contributed by atoms with Crippen molar-refractivity contribution in [3.8, 4) is 0 Å². The molecule has 2 saturated carbocycles. The Kier molecular flexibility index (Phi) is 6.99. The van der Waals surface area contributed by atoms with Crippen molar-refractivity contribution in [1.29, 1.82) is 0 Å². The van der Waals surface area contributed by atoms with E-state index in [1.54, 1.807) is 0 Å². The molecule has 4 rings (SSSR count). The molecule has 166 valence electrons. The van der Waals surface area contributed by atoms with Gasteiger partial charge in [0, 0.05) is 37.4 Å². The van der Waals surface area contributed by atoms with Gasteiger partial charge in [-0.25, -0.2) is 0 Å². The number of rotatable bonds is 5. The first-order valence-corrected chi connectivity index (χ1v) is 12.1. The normalized spacial score (nSPS) is 29.9. The van der Waals surface area contributed by atoms with Crippen molar-refractivity contribution < 1.29 is 4.79 Å². The highest BCUT2D eigenvalue weighted by atomic mass is 16.2. The van der Waals surface area contributed by atoms with Crippen molar-refractivity contribution in [2.45, 2.75) is 89.3 Å². The average molecular weight is 413 g/mol. The third-order valence-electron chi connectivity index (χ3n) is 7.52. The molecule has 1 aromatic rings. The van der Waals surface area contributed by atoms with Crippen molar-refractivity contribution in [2.75, 3.05) is 25.0 Å². The molecule has 3 aliphatic rings. The molecule has 4 N–H and O–H groups in total. The van der Waals surface area contributed by atoms with Crippen molar-refractivity contribution >= 4 is 11.6 Å². The van der Waals surface area contributed by atoms with Crippen LogP contribution in [0.5, 0.6) is 0 Å². The molecule has 30 heavy (non-hydrogen) atoms. The summed E-state index contributed by atoms with van der Waals surface area (Å²) in [7, 11) is 0. The Labute approximate surface area is 182 Å². The van der Waals surface area contributed by atoms with Crippen molar-refractivity contribution in [3.63, 3.8) is 0 Å². The van der Waals surface area contributed by atoms with E-state index in [2.05, 4.69) is 59.4 Å². The van der Waals surface area contributed by atoms with Gasteiger partial charge in [0.1, 0.15) is 0 Å². The zero-order valence-corrected chi connectivity index (χ0v) is 18.8. The zero-order chi connectivity index (χ0) is 21.0. The fourth-order valence-electron chi connectivity index (χ4n) is 5.34. The van der Waals surface area contributed by atoms with E-state index in [9.17, 15) is 4.79 Å². The number of carbonyl (C=O) groups excluding carboxylic acids is 1. The lowest BCUT2D eigenvalue weighted by molar-refractivity contribution is -0.124. The van der Waals surface area contributed by atoms with Gasteiger partial charge in [0.2, 0.25) is 5.91 Å². The molecular formula is C25H40N4O. The molecule has 5 heteroatoms. The molecule has 1 amide bonds. The second-order valence-corrected chi connectivity index (χ2v) is 10.5. The molecule has 5 nitrogen and oxygen atoms in total. The van der Waals surface area contributed by atoms with Gasteiger partial charge in [0.15, 0.2) is 0 Å². The van der Waals surface area contributed by atoms with E-state index in [0.717, 1.165) is 51.2 Å². The zero-order valence-electron chi connectivity index (χ0n) is 18.8. The fourth-order valence-corrected chi connectivity index (χ4v) is 5.34. The Morgan fingerprint density at radius 1 is 0.933 bits per heavy atom. The molecule has 1 heterocycles. The summed E-state index contributed by atoms with van der Waals surface area (Å²) in [6.07, 6.45) is 9.65. The number of hydrogen-bond acceptors (Lipinski definition) is 4. The molecule has 3 fully saturated rings. The number of amides is 1. The lowest BCUT2D eigenvalue weighted by Crippen LogP contribution is -2.57. The molecule has 1 saturated heterocycles. The largest absolute Gasteiger partial charge is 0.382 e. The van der Waals surface area contributed by atoms with Gasteiger partial charge in [0.25, 0.3) is 0 Å². The van der Waals surface area contributed by atoms with Gasteiger partial charge in [0.05, 0.1) is 6.04 Å². The maximum absolute atomic E-state index is 12.4. The Bertz CT molecular complexity index is 678. The summed E-state index contributed by atoms with van der Waals surface area (Å²) in [5.74, 6) is 0.889.